The van der Waals surface area contributed by atoms with Crippen LogP contribution in [0.15, 0.2) is 60.8 Å². The van der Waals surface area contributed by atoms with Crippen LogP contribution in [-0.2, 0) is 11.2 Å². The first kappa shape index (κ1) is 22.6. The van der Waals surface area contributed by atoms with E-state index >= 15 is 0 Å². The van der Waals surface area contributed by atoms with E-state index in [0.717, 1.165) is 5.56 Å². The highest BCUT2D eigenvalue weighted by molar-refractivity contribution is 6.32. The summed E-state index contributed by atoms with van der Waals surface area (Å²) in [6.45, 7) is 0. The Morgan fingerprint density at radius 1 is 1.16 bits per heavy atom. The maximum Gasteiger partial charge on any atom is 0.224 e. The van der Waals surface area contributed by atoms with E-state index < -0.39 is 6.23 Å². The number of nitrogens with zero attached hydrogens (tertiary/aromatic N) is 1. The number of nitrogens with one attached hydrogen (secondary N) is 2. The molecule has 1 aromatic heterocycles. The van der Waals surface area contributed by atoms with Gasteiger partial charge in [-0.1, -0.05) is 23.7 Å². The summed E-state index contributed by atoms with van der Waals surface area (Å²) < 4.78 is 11.1. The summed E-state index contributed by atoms with van der Waals surface area (Å²) in [7, 11) is 3.17. The highest BCUT2D eigenvalue weighted by Gasteiger charge is 2.09. The third-order valence-electron chi connectivity index (χ3n) is 4.52. The van der Waals surface area contributed by atoms with Gasteiger partial charge in [-0.3, -0.25) is 15.1 Å². The largest absolute Gasteiger partial charge is 0.495 e. The number of benzene rings is 2. The van der Waals surface area contributed by atoms with Crippen LogP contribution in [0, 0.1) is 0 Å². The van der Waals surface area contributed by atoms with Crippen molar-refractivity contribution in [3.05, 3.63) is 77.1 Å². The van der Waals surface area contributed by atoms with Crippen LogP contribution in [0.1, 0.15) is 23.9 Å². The monoisotopic (exact) mass is 441 g/mol. The first-order chi connectivity index (χ1) is 15.0. The molecule has 0 aliphatic heterocycles. The molecule has 2 aromatic carbocycles. The van der Waals surface area contributed by atoms with E-state index in [1.807, 2.05) is 24.3 Å². The van der Waals surface area contributed by atoms with Crippen LogP contribution in [0.4, 0.5) is 5.69 Å². The molecule has 7 nitrogen and oxygen atoms in total. The van der Waals surface area contributed by atoms with E-state index in [1.165, 1.54) is 7.11 Å². The summed E-state index contributed by atoms with van der Waals surface area (Å²) in [6.07, 6.45) is 1.57. The Morgan fingerprint density at radius 3 is 2.74 bits per heavy atom. The van der Waals surface area contributed by atoms with Crippen molar-refractivity contribution < 1.29 is 19.4 Å². The SMILES string of the molecule is CNC(O)c1cc(Oc2cccc(CCC(=O)Nc3ccc(Cl)c(OC)c3)c2)ccn1. The fourth-order valence-corrected chi connectivity index (χ4v) is 3.10. The maximum atomic E-state index is 12.3. The van der Waals surface area contributed by atoms with Crippen molar-refractivity contribution in [2.45, 2.75) is 19.1 Å². The molecule has 0 saturated carbocycles. The summed E-state index contributed by atoms with van der Waals surface area (Å²) in [4.78, 5) is 16.4. The Kier molecular flexibility index (Phi) is 7.83. The second kappa shape index (κ2) is 10.8. The third-order valence-corrected chi connectivity index (χ3v) is 4.83. The molecule has 3 rings (SSSR count). The molecular weight excluding hydrogens is 418 g/mol. The van der Waals surface area contributed by atoms with E-state index in [1.54, 1.807) is 43.6 Å². The van der Waals surface area contributed by atoms with Crippen LogP contribution < -0.4 is 20.1 Å². The fraction of sp³-hybridized carbons (Fsp3) is 0.217. The van der Waals surface area contributed by atoms with Crippen molar-refractivity contribution in [1.29, 1.82) is 0 Å². The van der Waals surface area contributed by atoms with Crippen LogP contribution in [0.3, 0.4) is 0 Å². The van der Waals surface area contributed by atoms with E-state index in [9.17, 15) is 9.90 Å². The van der Waals surface area contributed by atoms with Crippen molar-refractivity contribution in [3.8, 4) is 17.2 Å². The Labute approximate surface area is 186 Å². The summed E-state index contributed by atoms with van der Waals surface area (Å²) >= 11 is 6.01. The lowest BCUT2D eigenvalue weighted by atomic mass is 10.1. The quantitative estimate of drug-likeness (QED) is 0.428. The lowest BCUT2D eigenvalue weighted by molar-refractivity contribution is -0.116. The highest BCUT2D eigenvalue weighted by Crippen LogP contribution is 2.28. The van der Waals surface area contributed by atoms with Gasteiger partial charge in [0.15, 0.2) is 0 Å². The number of carbonyl (C=O) groups excluding carboxylic acids is 1. The van der Waals surface area contributed by atoms with Crippen molar-refractivity contribution in [3.63, 3.8) is 0 Å². The van der Waals surface area contributed by atoms with Gasteiger partial charge in [0.2, 0.25) is 5.91 Å². The van der Waals surface area contributed by atoms with E-state index in [0.29, 0.717) is 46.5 Å². The average molecular weight is 442 g/mol. The maximum absolute atomic E-state index is 12.3. The Hall–Kier alpha value is -3.13. The number of hydrogen-bond donors (Lipinski definition) is 3. The molecule has 0 bridgehead atoms. The number of aromatic nitrogens is 1. The number of halogens is 1. The van der Waals surface area contributed by atoms with Gasteiger partial charge in [-0.15, -0.1) is 0 Å². The zero-order chi connectivity index (χ0) is 22.2. The molecule has 0 fully saturated rings. The first-order valence-electron chi connectivity index (χ1n) is 9.70. The van der Waals surface area contributed by atoms with Gasteiger partial charge in [0.1, 0.15) is 23.5 Å². The minimum Gasteiger partial charge on any atom is -0.495 e. The van der Waals surface area contributed by atoms with E-state index in [4.69, 9.17) is 21.1 Å². The molecule has 3 N–H and O–H groups in total. The second-order valence-electron chi connectivity index (χ2n) is 6.75. The van der Waals surface area contributed by atoms with Crippen molar-refractivity contribution >= 4 is 23.2 Å². The first-order valence-corrected chi connectivity index (χ1v) is 10.1. The smallest absolute Gasteiger partial charge is 0.224 e. The number of aliphatic hydroxyl groups is 1. The molecule has 1 amide bonds. The fourth-order valence-electron chi connectivity index (χ4n) is 2.91. The number of hydrogen-bond acceptors (Lipinski definition) is 6. The van der Waals surface area contributed by atoms with Gasteiger partial charge in [-0.05, 0) is 49.4 Å². The van der Waals surface area contributed by atoms with E-state index in [-0.39, 0.29) is 5.91 Å². The normalized spacial score (nSPS) is 11.6. The molecule has 0 radical (unpaired) electrons. The Balaban J connectivity index is 1.59. The van der Waals surface area contributed by atoms with Gasteiger partial charge in [-0.2, -0.15) is 0 Å². The number of aryl methyl sites for hydroxylation is 1. The molecular formula is C23H24ClN3O4. The van der Waals surface area contributed by atoms with Crippen LogP contribution >= 0.6 is 11.6 Å². The van der Waals surface area contributed by atoms with Crippen molar-refractivity contribution in [2.24, 2.45) is 0 Å². The third kappa shape index (κ3) is 6.42. The van der Waals surface area contributed by atoms with Crippen LogP contribution in [0.2, 0.25) is 5.02 Å². The molecule has 1 heterocycles. The molecule has 1 unspecified atom stereocenters. The highest BCUT2D eigenvalue weighted by atomic mass is 35.5. The summed E-state index contributed by atoms with van der Waals surface area (Å²) in [5.74, 6) is 1.59. The van der Waals surface area contributed by atoms with Gasteiger partial charge in [0, 0.05) is 30.4 Å². The zero-order valence-electron chi connectivity index (χ0n) is 17.3. The molecule has 1 atom stereocenters. The number of aliphatic hydroxyl groups excluding tert-OH is 1. The van der Waals surface area contributed by atoms with Gasteiger partial charge in [-0.25, -0.2) is 0 Å². The van der Waals surface area contributed by atoms with Crippen LogP contribution in [0.5, 0.6) is 17.2 Å². The minimum absolute atomic E-state index is 0.115. The molecule has 0 saturated heterocycles. The molecule has 3 aromatic rings. The number of pyridine rings is 1. The number of carbonyl (C=O) groups is 1. The predicted octanol–water partition coefficient (Wildman–Crippen LogP) is 4.32. The lowest BCUT2D eigenvalue weighted by Gasteiger charge is -2.12. The van der Waals surface area contributed by atoms with Gasteiger partial charge in [0.05, 0.1) is 17.8 Å². The van der Waals surface area contributed by atoms with Crippen LogP contribution in [0.25, 0.3) is 0 Å². The minimum atomic E-state index is -0.867. The van der Waals surface area contributed by atoms with Crippen molar-refractivity contribution in [1.82, 2.24) is 10.3 Å². The summed E-state index contributed by atoms with van der Waals surface area (Å²) in [5.41, 5.74) is 2.05. The van der Waals surface area contributed by atoms with Gasteiger partial charge >= 0.3 is 0 Å². The molecule has 0 aliphatic rings. The molecule has 31 heavy (non-hydrogen) atoms. The molecule has 0 spiro atoms. The summed E-state index contributed by atoms with van der Waals surface area (Å²) in [6, 6.07) is 16.0. The number of ether oxygens (including phenoxy) is 2. The van der Waals surface area contributed by atoms with E-state index in [2.05, 4.69) is 15.6 Å². The van der Waals surface area contributed by atoms with Crippen LogP contribution in [-0.4, -0.2) is 30.2 Å². The molecule has 162 valence electrons. The Bertz CT molecular complexity index is 1040. The zero-order valence-corrected chi connectivity index (χ0v) is 18.0. The average Bonchev–Trinajstić information content (AvgIpc) is 2.79. The molecule has 8 heteroatoms. The van der Waals surface area contributed by atoms with Crippen molar-refractivity contribution in [2.75, 3.05) is 19.5 Å². The number of methoxy groups -OCH3 is 1. The van der Waals surface area contributed by atoms with Gasteiger partial charge < -0.3 is 19.9 Å². The number of anilines is 1. The standard InChI is InChI=1S/C23H24ClN3O4/c1-25-23(29)20-14-18(10-11-26-20)31-17-5-3-4-15(12-17)6-9-22(28)27-16-7-8-19(24)21(13-16)30-2/h3-5,7-8,10-14,23,25,29H,6,9H2,1-2H3,(H,27,28). The number of rotatable bonds is 9. The predicted molar refractivity (Wildman–Crippen MR) is 120 cm³/mol. The molecule has 0 aliphatic carbocycles. The second-order valence-corrected chi connectivity index (χ2v) is 7.16. The topological polar surface area (TPSA) is 92.7 Å². The lowest BCUT2D eigenvalue weighted by Crippen LogP contribution is -2.16. The summed E-state index contributed by atoms with van der Waals surface area (Å²) in [5, 5.41) is 15.9. The Morgan fingerprint density at radius 2 is 1.97 bits per heavy atom. The number of amides is 1. The van der Waals surface area contributed by atoms with Gasteiger partial charge in [0.25, 0.3) is 0 Å².